The van der Waals surface area contributed by atoms with E-state index in [1.54, 1.807) is 6.92 Å². The smallest absolute Gasteiger partial charge is 0.417 e. The summed E-state index contributed by atoms with van der Waals surface area (Å²) in [5, 5.41) is 3.95. The van der Waals surface area contributed by atoms with Crippen molar-refractivity contribution < 1.29 is 14.3 Å². The van der Waals surface area contributed by atoms with E-state index in [1.165, 1.54) is 0 Å². The molecule has 3 aromatic carbocycles. The second-order valence-corrected chi connectivity index (χ2v) is 8.38. The number of hydrogen-bond acceptors (Lipinski definition) is 4. The molecule has 0 radical (unpaired) electrons. The minimum atomic E-state index is -1.17. The molecule has 1 unspecified atom stereocenters. The molecule has 3 atom stereocenters. The first-order valence-electron chi connectivity index (χ1n) is 11.1. The van der Waals surface area contributed by atoms with Gasteiger partial charge in [-0.25, -0.2) is 9.69 Å². The monoisotopic (exact) mass is 450 g/mol. The van der Waals surface area contributed by atoms with E-state index in [0.717, 1.165) is 32.7 Å². The molecule has 0 bridgehead atoms. The van der Waals surface area contributed by atoms with Crippen molar-refractivity contribution in [3.8, 4) is 0 Å². The van der Waals surface area contributed by atoms with E-state index in [-0.39, 0.29) is 0 Å². The standard InChI is InChI=1S/C27H22N4O3/c1-17-25(20-11-3-2-4-12-20)34-27(33)31(17)26(32)24(29-30-28)23-21-13-7-5-9-18(21)15-16-19-10-6-8-14-22(19)23/h2-17,23-25H,1H3/t17-,24?,25-/m1/s1. The van der Waals surface area contributed by atoms with Crippen LogP contribution in [0.5, 0.6) is 0 Å². The van der Waals surface area contributed by atoms with Crippen LogP contribution < -0.4 is 0 Å². The summed E-state index contributed by atoms with van der Waals surface area (Å²) in [5.74, 6) is -1.15. The summed E-state index contributed by atoms with van der Waals surface area (Å²) in [7, 11) is 0. The van der Waals surface area contributed by atoms with Crippen LogP contribution in [0.1, 0.15) is 46.8 Å². The molecule has 7 heteroatoms. The van der Waals surface area contributed by atoms with Crippen LogP contribution in [-0.2, 0) is 9.53 Å². The molecule has 1 saturated heterocycles. The quantitative estimate of drug-likeness (QED) is 0.273. The van der Waals surface area contributed by atoms with Gasteiger partial charge in [0.05, 0.1) is 6.04 Å². The molecule has 1 heterocycles. The zero-order valence-corrected chi connectivity index (χ0v) is 18.5. The lowest BCUT2D eigenvalue weighted by Gasteiger charge is -2.29. The largest absolute Gasteiger partial charge is 0.439 e. The Balaban J connectivity index is 1.59. The molecule has 2 amide bonds. The SMILES string of the molecule is C[C@@H]1[C@H](c2ccccc2)OC(=O)N1C(=O)C(N=[N+]=[N-])C1c2ccccc2C=Cc2ccccc21. The Kier molecular flexibility index (Phi) is 5.62. The Morgan fingerprint density at radius 2 is 1.50 bits per heavy atom. The van der Waals surface area contributed by atoms with Gasteiger partial charge >= 0.3 is 6.09 Å². The molecule has 0 spiro atoms. The van der Waals surface area contributed by atoms with Gasteiger partial charge in [0.15, 0.2) is 0 Å². The van der Waals surface area contributed by atoms with Crippen LogP contribution in [0.25, 0.3) is 22.6 Å². The van der Waals surface area contributed by atoms with E-state index in [1.807, 2.05) is 91.0 Å². The van der Waals surface area contributed by atoms with Crippen LogP contribution in [0.3, 0.4) is 0 Å². The molecule has 1 aliphatic carbocycles. The number of imide groups is 1. The van der Waals surface area contributed by atoms with Crippen LogP contribution in [0.2, 0.25) is 0 Å². The van der Waals surface area contributed by atoms with Gasteiger partial charge in [0, 0.05) is 10.8 Å². The number of carbonyl (C=O) groups is 2. The van der Waals surface area contributed by atoms with Gasteiger partial charge in [-0.3, -0.25) is 4.79 Å². The fourth-order valence-corrected chi connectivity index (χ4v) is 4.88. The Hall–Kier alpha value is -4.35. The second kappa shape index (κ2) is 8.89. The molecule has 1 aliphatic heterocycles. The number of benzene rings is 3. The number of cyclic esters (lactones) is 1. The number of amides is 2. The van der Waals surface area contributed by atoms with Crippen LogP contribution in [0.4, 0.5) is 4.79 Å². The van der Waals surface area contributed by atoms with Crippen molar-refractivity contribution in [2.24, 2.45) is 5.11 Å². The Morgan fingerprint density at radius 1 is 0.941 bits per heavy atom. The van der Waals surface area contributed by atoms with E-state index in [0.29, 0.717) is 0 Å². The van der Waals surface area contributed by atoms with Gasteiger partial charge in [-0.15, -0.1) is 0 Å². The van der Waals surface area contributed by atoms with Crippen molar-refractivity contribution >= 4 is 24.2 Å². The van der Waals surface area contributed by atoms with E-state index in [4.69, 9.17) is 4.74 Å². The third-order valence-electron chi connectivity index (χ3n) is 6.48. The predicted octanol–water partition coefficient (Wildman–Crippen LogP) is 6.09. The van der Waals surface area contributed by atoms with Gasteiger partial charge in [0.2, 0.25) is 5.91 Å². The number of ether oxygens (including phenoxy) is 1. The molecule has 7 nitrogen and oxygen atoms in total. The lowest BCUT2D eigenvalue weighted by molar-refractivity contribution is -0.130. The molecule has 168 valence electrons. The van der Waals surface area contributed by atoms with Crippen molar-refractivity contribution in [2.45, 2.75) is 31.0 Å². The average Bonchev–Trinajstić information content (AvgIpc) is 3.06. The number of nitrogens with zero attached hydrogens (tertiary/aromatic N) is 4. The van der Waals surface area contributed by atoms with Gasteiger partial charge in [0.25, 0.3) is 0 Å². The number of fused-ring (bicyclic) bond motifs is 2. The summed E-state index contributed by atoms with van der Waals surface area (Å²) < 4.78 is 5.59. The van der Waals surface area contributed by atoms with Crippen molar-refractivity contribution in [1.82, 2.24) is 4.90 Å². The minimum absolute atomic E-state index is 0.562. The van der Waals surface area contributed by atoms with Gasteiger partial charge in [0.1, 0.15) is 12.1 Å². The second-order valence-electron chi connectivity index (χ2n) is 8.38. The number of azide groups is 1. The maximum Gasteiger partial charge on any atom is 0.417 e. The van der Waals surface area contributed by atoms with Gasteiger partial charge in [-0.1, -0.05) is 96.1 Å². The highest BCUT2D eigenvalue weighted by Crippen LogP contribution is 2.40. The first kappa shape index (κ1) is 21.5. The summed E-state index contributed by atoms with van der Waals surface area (Å²) in [6.45, 7) is 1.77. The summed E-state index contributed by atoms with van der Waals surface area (Å²) >= 11 is 0. The molecule has 0 aromatic heterocycles. The zero-order valence-electron chi connectivity index (χ0n) is 18.5. The third-order valence-corrected chi connectivity index (χ3v) is 6.48. The van der Waals surface area contributed by atoms with Gasteiger partial charge < -0.3 is 4.74 Å². The lowest BCUT2D eigenvalue weighted by Crippen LogP contribution is -2.45. The number of rotatable bonds is 4. The molecule has 5 rings (SSSR count). The minimum Gasteiger partial charge on any atom is -0.439 e. The van der Waals surface area contributed by atoms with E-state index in [9.17, 15) is 15.1 Å². The predicted molar refractivity (Wildman–Crippen MR) is 129 cm³/mol. The molecule has 0 N–H and O–H groups in total. The van der Waals surface area contributed by atoms with E-state index < -0.39 is 36.1 Å². The molecule has 34 heavy (non-hydrogen) atoms. The van der Waals surface area contributed by atoms with Gasteiger partial charge in [-0.05, 0) is 40.3 Å². The zero-order chi connectivity index (χ0) is 23.7. The highest BCUT2D eigenvalue weighted by Gasteiger charge is 2.47. The number of hydrogen-bond donors (Lipinski definition) is 0. The van der Waals surface area contributed by atoms with E-state index >= 15 is 0 Å². The fourth-order valence-electron chi connectivity index (χ4n) is 4.88. The van der Waals surface area contributed by atoms with Crippen molar-refractivity contribution in [3.63, 3.8) is 0 Å². The highest BCUT2D eigenvalue weighted by molar-refractivity contribution is 5.98. The third kappa shape index (κ3) is 3.62. The van der Waals surface area contributed by atoms with Gasteiger partial charge in [-0.2, -0.15) is 0 Å². The number of carbonyl (C=O) groups excluding carboxylic acids is 2. The molecule has 2 aliphatic rings. The Labute approximate surface area is 196 Å². The first-order valence-corrected chi connectivity index (χ1v) is 11.1. The topological polar surface area (TPSA) is 95.4 Å². The molecule has 0 saturated carbocycles. The maximum atomic E-state index is 13.9. The summed E-state index contributed by atoms with van der Waals surface area (Å²) in [6, 6.07) is 23.0. The molecule has 1 fully saturated rings. The fraction of sp³-hybridized carbons (Fsp3) is 0.185. The normalized spacial score (nSPS) is 19.9. The average molecular weight is 450 g/mol. The molecular weight excluding hydrogens is 428 g/mol. The van der Waals surface area contributed by atoms with Crippen LogP contribution in [-0.4, -0.2) is 29.0 Å². The van der Waals surface area contributed by atoms with Crippen molar-refractivity contribution in [2.75, 3.05) is 0 Å². The summed E-state index contributed by atoms with van der Waals surface area (Å²) in [6.07, 6.45) is 2.64. The summed E-state index contributed by atoms with van der Waals surface area (Å²) in [5.41, 5.74) is 13.8. The first-order chi connectivity index (χ1) is 16.6. The van der Waals surface area contributed by atoms with Crippen LogP contribution in [0, 0.1) is 0 Å². The molecule has 3 aromatic rings. The van der Waals surface area contributed by atoms with E-state index in [2.05, 4.69) is 10.0 Å². The molecular formula is C27H22N4O3. The van der Waals surface area contributed by atoms with Crippen LogP contribution in [0.15, 0.2) is 84.0 Å². The highest BCUT2D eigenvalue weighted by atomic mass is 16.6. The summed E-state index contributed by atoms with van der Waals surface area (Å²) in [4.78, 5) is 30.9. The maximum absolute atomic E-state index is 13.9. The lowest BCUT2D eigenvalue weighted by atomic mass is 9.82. The van der Waals surface area contributed by atoms with Crippen molar-refractivity contribution in [1.29, 1.82) is 0 Å². The van der Waals surface area contributed by atoms with Crippen LogP contribution >= 0.6 is 0 Å². The van der Waals surface area contributed by atoms with Crippen molar-refractivity contribution in [3.05, 3.63) is 117 Å². The Bertz CT molecular complexity index is 1280. The Morgan fingerprint density at radius 3 is 2.09 bits per heavy atom.